The average molecular weight is 422 g/mol. The van der Waals surface area contributed by atoms with E-state index in [1.54, 1.807) is 42.6 Å². The van der Waals surface area contributed by atoms with Gasteiger partial charge in [0.2, 0.25) is 0 Å². The van der Waals surface area contributed by atoms with Crippen molar-refractivity contribution in [2.45, 2.75) is 24.7 Å². The number of halogens is 4. The lowest BCUT2D eigenvalue weighted by Gasteiger charge is -2.33. The highest BCUT2D eigenvalue weighted by atomic mass is 35.5. The molecule has 3 heterocycles. The first-order valence-corrected chi connectivity index (χ1v) is 9.09. The zero-order chi connectivity index (χ0) is 20.6. The maximum absolute atomic E-state index is 13.7. The molecule has 6 nitrogen and oxygen atoms in total. The lowest BCUT2D eigenvalue weighted by atomic mass is 9.97. The lowest BCUT2D eigenvalue weighted by molar-refractivity contribution is -0.173. The van der Waals surface area contributed by atoms with Crippen LogP contribution in [0.5, 0.6) is 0 Å². The number of pyridine rings is 1. The second-order valence-electron chi connectivity index (χ2n) is 6.60. The van der Waals surface area contributed by atoms with Crippen molar-refractivity contribution in [2.75, 3.05) is 10.6 Å². The second-order valence-corrected chi connectivity index (χ2v) is 7.03. The van der Waals surface area contributed by atoms with Gasteiger partial charge in [0.15, 0.2) is 11.7 Å². The largest absolute Gasteiger partial charge is 0.410 e. The molecule has 0 unspecified atom stereocenters. The van der Waals surface area contributed by atoms with Crippen molar-refractivity contribution < 1.29 is 18.0 Å². The van der Waals surface area contributed by atoms with Gasteiger partial charge in [-0.25, -0.2) is 4.68 Å². The quantitative estimate of drug-likeness (QED) is 0.634. The fourth-order valence-corrected chi connectivity index (χ4v) is 3.36. The van der Waals surface area contributed by atoms with Crippen molar-refractivity contribution >= 4 is 29.0 Å². The Kier molecular flexibility index (Phi) is 4.91. The molecule has 2 N–H and O–H groups in total. The van der Waals surface area contributed by atoms with Gasteiger partial charge >= 0.3 is 6.18 Å². The average Bonchev–Trinajstić information content (AvgIpc) is 3.12. The summed E-state index contributed by atoms with van der Waals surface area (Å²) in [6, 6.07) is 8.70. The van der Waals surface area contributed by atoms with Crippen LogP contribution >= 0.6 is 11.6 Å². The Morgan fingerprint density at radius 2 is 2.00 bits per heavy atom. The summed E-state index contributed by atoms with van der Waals surface area (Å²) in [5.74, 6) is -0.500. The SMILES string of the molecule is O=C(Nc1cccnc1)c1cc2n(n1)[C@@H](C(F)(F)F)C[C@H](c1ccc(Cl)cc1)N2. The third kappa shape index (κ3) is 4.04. The summed E-state index contributed by atoms with van der Waals surface area (Å²) in [6.45, 7) is 0. The minimum Gasteiger partial charge on any atom is -0.363 e. The van der Waals surface area contributed by atoms with Gasteiger partial charge in [0.05, 0.1) is 17.9 Å². The Labute approximate surface area is 168 Å². The monoisotopic (exact) mass is 421 g/mol. The van der Waals surface area contributed by atoms with Crippen molar-refractivity contribution in [1.82, 2.24) is 14.8 Å². The molecule has 2 atom stereocenters. The molecule has 29 heavy (non-hydrogen) atoms. The summed E-state index contributed by atoms with van der Waals surface area (Å²) in [5.41, 5.74) is 0.961. The number of hydrogen-bond donors (Lipinski definition) is 2. The molecule has 0 saturated heterocycles. The van der Waals surface area contributed by atoms with Gasteiger partial charge in [-0.05, 0) is 29.8 Å². The molecule has 3 aromatic rings. The number of hydrogen-bond acceptors (Lipinski definition) is 4. The number of nitrogens with one attached hydrogen (secondary N) is 2. The Hall–Kier alpha value is -3.07. The van der Waals surface area contributed by atoms with E-state index in [9.17, 15) is 18.0 Å². The molecular formula is C19H15ClF3N5O. The maximum atomic E-state index is 13.7. The number of rotatable bonds is 3. The molecule has 4 rings (SSSR count). The van der Waals surface area contributed by atoms with Gasteiger partial charge < -0.3 is 10.6 Å². The summed E-state index contributed by atoms with van der Waals surface area (Å²) in [6.07, 6.45) is -1.81. The third-order valence-corrected chi connectivity index (χ3v) is 4.87. The summed E-state index contributed by atoms with van der Waals surface area (Å²) in [7, 11) is 0. The number of benzene rings is 1. The van der Waals surface area contributed by atoms with Gasteiger partial charge in [-0.15, -0.1) is 0 Å². The van der Waals surface area contributed by atoms with Crippen LogP contribution in [0.15, 0.2) is 54.9 Å². The van der Waals surface area contributed by atoms with E-state index in [1.807, 2.05) is 0 Å². The number of nitrogens with zero attached hydrogens (tertiary/aromatic N) is 3. The van der Waals surface area contributed by atoms with E-state index in [0.717, 1.165) is 4.68 Å². The van der Waals surface area contributed by atoms with Crippen LogP contribution in [0.4, 0.5) is 24.7 Å². The third-order valence-electron chi connectivity index (χ3n) is 4.61. The summed E-state index contributed by atoms with van der Waals surface area (Å²) >= 11 is 5.87. The van der Waals surface area contributed by atoms with E-state index in [-0.39, 0.29) is 17.9 Å². The molecule has 0 bridgehead atoms. The Balaban J connectivity index is 1.65. The standard InChI is InChI=1S/C19H15ClF3N5O/c20-12-5-3-11(4-6-12)14-8-16(19(21,22)23)28-17(26-14)9-15(27-28)18(29)25-13-2-1-7-24-10-13/h1-7,9-10,14,16,26H,8H2,(H,25,29)/t14-,16-/m1/s1. The predicted octanol–water partition coefficient (Wildman–Crippen LogP) is 4.84. The van der Waals surface area contributed by atoms with Crippen LogP contribution in [0.3, 0.4) is 0 Å². The van der Waals surface area contributed by atoms with Crippen molar-refractivity contribution in [3.05, 3.63) is 71.1 Å². The summed E-state index contributed by atoms with van der Waals surface area (Å²) < 4.78 is 42.0. The Bertz CT molecular complexity index is 1020. The van der Waals surface area contributed by atoms with Gasteiger partial charge in [0.1, 0.15) is 5.82 Å². The van der Waals surface area contributed by atoms with Crippen molar-refractivity contribution in [3.63, 3.8) is 0 Å². The summed E-state index contributed by atoms with van der Waals surface area (Å²) in [5, 5.41) is 10.0. The number of amides is 1. The van der Waals surface area contributed by atoms with Crippen LogP contribution in [-0.2, 0) is 0 Å². The first-order chi connectivity index (χ1) is 13.8. The minimum atomic E-state index is -4.52. The van der Waals surface area contributed by atoms with Gasteiger partial charge in [-0.3, -0.25) is 9.78 Å². The lowest BCUT2D eigenvalue weighted by Crippen LogP contribution is -2.35. The van der Waals surface area contributed by atoms with Gasteiger partial charge in [-0.2, -0.15) is 18.3 Å². The molecule has 1 amide bonds. The number of carbonyl (C=O) groups is 1. The van der Waals surface area contributed by atoms with E-state index >= 15 is 0 Å². The fourth-order valence-electron chi connectivity index (χ4n) is 3.23. The van der Waals surface area contributed by atoms with Crippen molar-refractivity contribution in [2.24, 2.45) is 0 Å². The molecule has 150 valence electrons. The zero-order valence-electron chi connectivity index (χ0n) is 14.8. The highest BCUT2D eigenvalue weighted by molar-refractivity contribution is 6.30. The number of aromatic nitrogens is 3. The molecule has 0 fully saturated rings. The van der Waals surface area contributed by atoms with Crippen LogP contribution in [0.2, 0.25) is 5.02 Å². The van der Waals surface area contributed by atoms with Gasteiger partial charge in [0, 0.05) is 23.7 Å². The van der Waals surface area contributed by atoms with Crippen LogP contribution in [-0.4, -0.2) is 26.8 Å². The molecule has 10 heteroatoms. The van der Waals surface area contributed by atoms with E-state index < -0.39 is 24.2 Å². The molecular weight excluding hydrogens is 407 g/mol. The number of fused-ring (bicyclic) bond motifs is 1. The summed E-state index contributed by atoms with van der Waals surface area (Å²) in [4.78, 5) is 16.3. The van der Waals surface area contributed by atoms with Crippen LogP contribution in [0.25, 0.3) is 0 Å². The highest BCUT2D eigenvalue weighted by Gasteiger charge is 2.46. The molecule has 1 aliphatic heterocycles. The number of alkyl halides is 3. The van der Waals surface area contributed by atoms with Gasteiger partial charge in [-0.1, -0.05) is 23.7 Å². The first-order valence-electron chi connectivity index (χ1n) is 8.71. The first kappa shape index (κ1) is 19.3. The number of carbonyl (C=O) groups excluding carboxylic acids is 1. The van der Waals surface area contributed by atoms with Crippen molar-refractivity contribution in [3.8, 4) is 0 Å². The van der Waals surface area contributed by atoms with Crippen LogP contribution < -0.4 is 10.6 Å². The molecule has 2 aromatic heterocycles. The van der Waals surface area contributed by atoms with E-state index in [0.29, 0.717) is 16.3 Å². The van der Waals surface area contributed by atoms with Crippen LogP contribution in [0, 0.1) is 0 Å². The molecule has 0 aliphatic carbocycles. The van der Waals surface area contributed by atoms with Gasteiger partial charge in [0.25, 0.3) is 5.91 Å². The topological polar surface area (TPSA) is 71.8 Å². The zero-order valence-corrected chi connectivity index (χ0v) is 15.6. The smallest absolute Gasteiger partial charge is 0.363 e. The van der Waals surface area contributed by atoms with E-state index in [1.165, 1.54) is 12.3 Å². The molecule has 0 radical (unpaired) electrons. The van der Waals surface area contributed by atoms with Crippen molar-refractivity contribution in [1.29, 1.82) is 0 Å². The second kappa shape index (κ2) is 7.40. The minimum absolute atomic E-state index is 0.120. The highest BCUT2D eigenvalue weighted by Crippen LogP contribution is 2.43. The molecule has 0 spiro atoms. The maximum Gasteiger partial charge on any atom is 0.410 e. The molecule has 1 aromatic carbocycles. The number of anilines is 2. The fraction of sp³-hybridized carbons (Fsp3) is 0.211. The van der Waals surface area contributed by atoms with E-state index in [4.69, 9.17) is 11.6 Å². The van der Waals surface area contributed by atoms with Crippen LogP contribution in [0.1, 0.15) is 34.6 Å². The molecule has 1 aliphatic rings. The Morgan fingerprint density at radius 3 is 2.66 bits per heavy atom. The van der Waals surface area contributed by atoms with E-state index in [2.05, 4.69) is 20.7 Å². The predicted molar refractivity (Wildman–Crippen MR) is 102 cm³/mol. The molecule has 0 saturated carbocycles. The normalized spacial score (nSPS) is 18.6. The Morgan fingerprint density at radius 1 is 1.24 bits per heavy atom.